The van der Waals surface area contributed by atoms with Crippen LogP contribution >= 0.6 is 0 Å². The maximum absolute atomic E-state index is 10.9. The van der Waals surface area contributed by atoms with Gasteiger partial charge in [0, 0.05) is 0 Å². The van der Waals surface area contributed by atoms with Gasteiger partial charge in [-0.2, -0.15) is 0 Å². The molecule has 0 aliphatic carbocycles. The predicted molar refractivity (Wildman–Crippen MR) is 45.4 cm³/mol. The van der Waals surface area contributed by atoms with E-state index in [2.05, 4.69) is 0 Å². The topological polar surface area (TPSA) is 133 Å². The molecule has 0 bridgehead atoms. The average Bonchev–Trinajstić information content (AvgIpc) is 2.08. The lowest BCUT2D eigenvalue weighted by Gasteiger charge is -2.01. The molecular formula is C7H6N2O5. The van der Waals surface area contributed by atoms with Gasteiger partial charge in [-0.25, -0.2) is 9.59 Å². The van der Waals surface area contributed by atoms with Crippen LogP contribution in [0.3, 0.4) is 0 Å². The number of aromatic amines is 1. The lowest BCUT2D eigenvalue weighted by molar-refractivity contribution is 0.0646. The number of aromatic carboxylic acids is 2. The Labute approximate surface area is 76.8 Å². The van der Waals surface area contributed by atoms with Gasteiger partial charge in [0.15, 0.2) is 0 Å². The number of nitrogens with two attached hydrogens (primary N) is 1. The highest BCUT2D eigenvalue weighted by Gasteiger charge is 2.18. The summed E-state index contributed by atoms with van der Waals surface area (Å²) in [4.78, 5) is 33.8. The first-order valence-corrected chi connectivity index (χ1v) is 3.43. The fourth-order valence-corrected chi connectivity index (χ4v) is 0.884. The maximum Gasteiger partial charge on any atom is 0.353 e. The summed E-state index contributed by atoms with van der Waals surface area (Å²) in [6.45, 7) is 0. The third-order valence-electron chi connectivity index (χ3n) is 1.51. The van der Waals surface area contributed by atoms with E-state index >= 15 is 0 Å². The second-order valence-electron chi connectivity index (χ2n) is 2.45. The van der Waals surface area contributed by atoms with E-state index in [4.69, 9.17) is 15.9 Å². The molecule has 7 heteroatoms. The molecule has 14 heavy (non-hydrogen) atoms. The third-order valence-corrected chi connectivity index (χ3v) is 1.51. The molecule has 0 amide bonds. The molecule has 0 unspecified atom stereocenters. The van der Waals surface area contributed by atoms with Gasteiger partial charge in [-0.3, -0.25) is 4.79 Å². The average molecular weight is 198 g/mol. The van der Waals surface area contributed by atoms with Gasteiger partial charge in [0.1, 0.15) is 5.69 Å². The number of carbonyl (C=O) groups is 2. The van der Waals surface area contributed by atoms with Crippen LogP contribution in [0, 0.1) is 0 Å². The van der Waals surface area contributed by atoms with E-state index in [0.29, 0.717) is 0 Å². The molecule has 5 N–H and O–H groups in total. The van der Waals surface area contributed by atoms with Crippen molar-refractivity contribution in [3.63, 3.8) is 0 Å². The van der Waals surface area contributed by atoms with Gasteiger partial charge in [-0.15, -0.1) is 0 Å². The van der Waals surface area contributed by atoms with E-state index in [0.717, 1.165) is 6.07 Å². The number of aromatic nitrogens is 1. The van der Waals surface area contributed by atoms with Gasteiger partial charge in [-0.1, -0.05) is 0 Å². The Morgan fingerprint density at radius 3 is 2.29 bits per heavy atom. The summed E-state index contributed by atoms with van der Waals surface area (Å²) in [5.74, 6) is -3.00. The number of carboxylic acids is 2. The van der Waals surface area contributed by atoms with Crippen LogP contribution in [-0.4, -0.2) is 27.1 Å². The Morgan fingerprint density at radius 1 is 1.29 bits per heavy atom. The fraction of sp³-hybridized carbons (Fsp3) is 0. The molecule has 0 aromatic carbocycles. The lowest BCUT2D eigenvalue weighted by atomic mass is 10.2. The van der Waals surface area contributed by atoms with E-state index in [1.807, 2.05) is 4.98 Å². The van der Waals surface area contributed by atoms with E-state index in [9.17, 15) is 14.4 Å². The molecule has 1 aromatic heterocycles. The van der Waals surface area contributed by atoms with Crippen LogP contribution in [0.4, 0.5) is 5.69 Å². The Kier molecular flexibility index (Phi) is 2.24. The SMILES string of the molecule is Nc1cc(C(=O)O)c(C(=O)O)[nH]c1=O. The van der Waals surface area contributed by atoms with Gasteiger partial charge in [0.2, 0.25) is 0 Å². The molecule has 0 radical (unpaired) electrons. The molecule has 1 aromatic rings. The highest BCUT2D eigenvalue weighted by Crippen LogP contribution is 2.06. The molecule has 0 atom stereocenters. The van der Waals surface area contributed by atoms with Crippen molar-refractivity contribution < 1.29 is 19.8 Å². The lowest BCUT2D eigenvalue weighted by Crippen LogP contribution is -2.20. The molecule has 1 rings (SSSR count). The summed E-state index contributed by atoms with van der Waals surface area (Å²) in [5, 5.41) is 17.1. The fourth-order valence-electron chi connectivity index (χ4n) is 0.884. The van der Waals surface area contributed by atoms with Gasteiger partial charge in [-0.05, 0) is 6.07 Å². The number of hydrogen-bond acceptors (Lipinski definition) is 4. The summed E-state index contributed by atoms with van der Waals surface area (Å²) in [6.07, 6.45) is 0. The number of hydrogen-bond donors (Lipinski definition) is 4. The molecule has 0 fully saturated rings. The number of anilines is 1. The zero-order valence-corrected chi connectivity index (χ0v) is 6.77. The minimum Gasteiger partial charge on any atom is -0.478 e. The van der Waals surface area contributed by atoms with Gasteiger partial charge in [0.25, 0.3) is 5.56 Å². The summed E-state index contributed by atoms with van der Waals surface area (Å²) in [5.41, 5.74) is 2.73. The van der Waals surface area contributed by atoms with Crippen molar-refractivity contribution in [1.82, 2.24) is 4.98 Å². The van der Waals surface area contributed by atoms with Crippen molar-refractivity contribution in [3.05, 3.63) is 27.7 Å². The van der Waals surface area contributed by atoms with Crippen molar-refractivity contribution in [2.75, 3.05) is 5.73 Å². The smallest absolute Gasteiger partial charge is 0.353 e. The molecule has 0 aliphatic rings. The van der Waals surface area contributed by atoms with Crippen molar-refractivity contribution >= 4 is 17.6 Å². The molecule has 0 spiro atoms. The summed E-state index contributed by atoms with van der Waals surface area (Å²) < 4.78 is 0. The van der Waals surface area contributed by atoms with E-state index in [-0.39, 0.29) is 5.69 Å². The van der Waals surface area contributed by atoms with Crippen molar-refractivity contribution in [2.24, 2.45) is 0 Å². The van der Waals surface area contributed by atoms with Gasteiger partial charge < -0.3 is 20.9 Å². The summed E-state index contributed by atoms with van der Waals surface area (Å²) in [6, 6.07) is 0.810. The Hall–Kier alpha value is -2.31. The first-order valence-electron chi connectivity index (χ1n) is 3.43. The van der Waals surface area contributed by atoms with Crippen LogP contribution in [-0.2, 0) is 0 Å². The molecule has 0 aliphatic heterocycles. The van der Waals surface area contributed by atoms with E-state index < -0.39 is 28.8 Å². The second kappa shape index (κ2) is 3.21. The number of pyridine rings is 1. The minimum atomic E-state index is -1.53. The summed E-state index contributed by atoms with van der Waals surface area (Å²) >= 11 is 0. The molecule has 1 heterocycles. The van der Waals surface area contributed by atoms with Crippen LogP contribution in [0.15, 0.2) is 10.9 Å². The molecule has 7 nitrogen and oxygen atoms in total. The number of carboxylic acid groups (broad SMARTS) is 2. The normalized spacial score (nSPS) is 9.71. The van der Waals surface area contributed by atoms with Crippen LogP contribution in [0.5, 0.6) is 0 Å². The minimum absolute atomic E-state index is 0.340. The first-order chi connectivity index (χ1) is 6.43. The zero-order valence-electron chi connectivity index (χ0n) is 6.77. The van der Waals surface area contributed by atoms with Gasteiger partial charge >= 0.3 is 11.9 Å². The second-order valence-corrected chi connectivity index (χ2v) is 2.45. The largest absolute Gasteiger partial charge is 0.478 e. The Balaban J connectivity index is 3.55. The highest BCUT2D eigenvalue weighted by molar-refractivity contribution is 6.00. The number of nitrogens with one attached hydrogen (secondary N) is 1. The highest BCUT2D eigenvalue weighted by atomic mass is 16.4. The predicted octanol–water partition coefficient (Wildman–Crippen LogP) is -0.647. The summed E-state index contributed by atoms with van der Waals surface area (Å²) in [7, 11) is 0. The van der Waals surface area contributed by atoms with Crippen LogP contribution < -0.4 is 11.3 Å². The molecular weight excluding hydrogens is 192 g/mol. The Bertz CT molecular complexity index is 462. The van der Waals surface area contributed by atoms with E-state index in [1.165, 1.54) is 0 Å². The number of rotatable bonds is 2. The van der Waals surface area contributed by atoms with Crippen molar-refractivity contribution in [1.29, 1.82) is 0 Å². The number of nitrogen functional groups attached to an aromatic ring is 1. The standard InChI is InChI=1S/C7H6N2O5/c8-3-1-2(6(11)12)4(7(13)14)9-5(3)10/h1H,8H2,(H,9,10)(H,11,12)(H,13,14). The van der Waals surface area contributed by atoms with Crippen molar-refractivity contribution in [2.45, 2.75) is 0 Å². The first kappa shape index (κ1) is 9.78. The van der Waals surface area contributed by atoms with Crippen molar-refractivity contribution in [3.8, 4) is 0 Å². The quantitative estimate of drug-likeness (QED) is 0.499. The third kappa shape index (κ3) is 1.56. The van der Waals surface area contributed by atoms with E-state index in [1.54, 1.807) is 0 Å². The van der Waals surface area contributed by atoms with Crippen LogP contribution in [0.2, 0.25) is 0 Å². The molecule has 74 valence electrons. The molecule has 0 saturated carbocycles. The Morgan fingerprint density at radius 2 is 1.86 bits per heavy atom. The van der Waals surface area contributed by atoms with Crippen LogP contribution in [0.25, 0.3) is 0 Å². The monoisotopic (exact) mass is 198 g/mol. The van der Waals surface area contributed by atoms with Crippen LogP contribution in [0.1, 0.15) is 20.8 Å². The number of H-pyrrole nitrogens is 1. The maximum atomic E-state index is 10.9. The van der Waals surface area contributed by atoms with Gasteiger partial charge in [0.05, 0.1) is 11.3 Å². The molecule has 0 saturated heterocycles. The zero-order chi connectivity index (χ0) is 10.9.